The number of ether oxygens (including phenoxy) is 3. The third-order valence-corrected chi connectivity index (χ3v) is 6.85. The molecule has 0 saturated carbocycles. The standard InChI is InChI=1S/C15H13N3O2S.C13H16O4/c1-20-15(19)18-14-16-12-8-7-11(9-13(12)17-14)21-10-5-3-2-4-6-10;1-13(2)7-6-8-10(17-13)5-4-9(12(14)15)11(8)16-3/h2-9H,1H3,(H2,16,17,18,19);4-5H,6-7H2,1-3H3,(H,14,15). The van der Waals surface area contributed by atoms with E-state index in [1.165, 1.54) is 25.2 Å². The van der Waals surface area contributed by atoms with Crippen LogP contribution in [0.2, 0.25) is 0 Å². The van der Waals surface area contributed by atoms with Crippen LogP contribution in [-0.2, 0) is 11.2 Å². The monoisotopic (exact) mass is 535 g/mol. The van der Waals surface area contributed by atoms with E-state index >= 15 is 0 Å². The van der Waals surface area contributed by atoms with E-state index in [0.717, 1.165) is 40.1 Å². The fourth-order valence-electron chi connectivity index (χ4n) is 4.00. The summed E-state index contributed by atoms with van der Waals surface area (Å²) in [5, 5.41) is 11.6. The van der Waals surface area contributed by atoms with Crippen LogP contribution in [-0.4, -0.2) is 47.0 Å². The van der Waals surface area contributed by atoms with Crippen molar-refractivity contribution < 1.29 is 28.9 Å². The second-order valence-corrected chi connectivity index (χ2v) is 10.2. The van der Waals surface area contributed by atoms with E-state index in [4.69, 9.17) is 14.6 Å². The Bertz CT molecular complexity index is 1450. The number of aromatic carboxylic acids is 1. The first-order valence-corrected chi connectivity index (χ1v) is 12.7. The van der Waals surface area contributed by atoms with E-state index in [-0.39, 0.29) is 11.2 Å². The number of carboxylic acid groups (broad SMARTS) is 1. The van der Waals surface area contributed by atoms with Gasteiger partial charge in [-0.25, -0.2) is 14.6 Å². The van der Waals surface area contributed by atoms with Gasteiger partial charge in [0.15, 0.2) is 0 Å². The van der Waals surface area contributed by atoms with Gasteiger partial charge < -0.3 is 24.3 Å². The van der Waals surface area contributed by atoms with E-state index in [1.807, 2.05) is 50.2 Å². The summed E-state index contributed by atoms with van der Waals surface area (Å²) in [7, 11) is 2.80. The highest BCUT2D eigenvalue weighted by Gasteiger charge is 2.30. The summed E-state index contributed by atoms with van der Waals surface area (Å²) in [4.78, 5) is 31.8. The number of imidazole rings is 1. The number of carbonyl (C=O) groups is 2. The molecule has 0 aliphatic carbocycles. The molecule has 0 bridgehead atoms. The van der Waals surface area contributed by atoms with Crippen LogP contribution in [0.25, 0.3) is 11.0 Å². The van der Waals surface area contributed by atoms with E-state index in [9.17, 15) is 9.59 Å². The molecule has 38 heavy (non-hydrogen) atoms. The van der Waals surface area contributed by atoms with Crippen LogP contribution in [0.5, 0.6) is 11.5 Å². The molecule has 9 nitrogen and oxygen atoms in total. The number of aromatic amines is 1. The second-order valence-electron chi connectivity index (χ2n) is 9.09. The predicted molar refractivity (Wildman–Crippen MR) is 146 cm³/mol. The fraction of sp³-hybridized carbons (Fsp3) is 0.250. The normalized spacial score (nSPS) is 13.4. The van der Waals surface area contributed by atoms with Crippen molar-refractivity contribution in [3.05, 3.63) is 71.8 Å². The third-order valence-electron chi connectivity index (χ3n) is 5.85. The first kappa shape index (κ1) is 26.9. The number of hydrogen-bond donors (Lipinski definition) is 3. The lowest BCUT2D eigenvalue weighted by Gasteiger charge is -2.33. The highest BCUT2D eigenvalue weighted by Crippen LogP contribution is 2.40. The molecule has 5 rings (SSSR count). The lowest BCUT2D eigenvalue weighted by molar-refractivity contribution is 0.0690. The number of anilines is 1. The molecule has 1 aliphatic rings. The largest absolute Gasteiger partial charge is 0.495 e. The summed E-state index contributed by atoms with van der Waals surface area (Å²) in [5.74, 6) is 0.543. The number of nitrogens with one attached hydrogen (secondary N) is 2. The summed E-state index contributed by atoms with van der Waals surface area (Å²) >= 11 is 1.67. The van der Waals surface area contributed by atoms with Gasteiger partial charge in [0.25, 0.3) is 0 Å². The van der Waals surface area contributed by atoms with Crippen molar-refractivity contribution in [2.24, 2.45) is 0 Å². The van der Waals surface area contributed by atoms with Crippen molar-refractivity contribution in [3.63, 3.8) is 0 Å². The Hall–Kier alpha value is -4.18. The van der Waals surface area contributed by atoms with E-state index in [0.29, 0.717) is 11.7 Å². The summed E-state index contributed by atoms with van der Waals surface area (Å²) in [5.41, 5.74) is 2.49. The van der Waals surface area contributed by atoms with Gasteiger partial charge in [-0.15, -0.1) is 0 Å². The number of fused-ring (bicyclic) bond motifs is 2. The number of rotatable bonds is 5. The topological polar surface area (TPSA) is 123 Å². The molecule has 198 valence electrons. The van der Waals surface area contributed by atoms with Gasteiger partial charge in [-0.1, -0.05) is 30.0 Å². The Balaban J connectivity index is 0.000000181. The molecule has 0 spiro atoms. The van der Waals surface area contributed by atoms with Crippen LogP contribution in [0, 0.1) is 0 Å². The minimum absolute atomic E-state index is 0.189. The van der Waals surface area contributed by atoms with E-state index in [2.05, 4.69) is 32.2 Å². The Kier molecular flexibility index (Phi) is 8.11. The quantitative estimate of drug-likeness (QED) is 0.269. The molecule has 2 heterocycles. The Morgan fingerprint density at radius 2 is 1.84 bits per heavy atom. The molecule has 1 amide bonds. The van der Waals surface area contributed by atoms with Crippen molar-refractivity contribution in [2.75, 3.05) is 19.5 Å². The maximum atomic E-state index is 11.2. The van der Waals surface area contributed by atoms with Gasteiger partial charge in [-0.3, -0.25) is 5.32 Å². The first-order valence-electron chi connectivity index (χ1n) is 11.9. The molecule has 0 radical (unpaired) electrons. The van der Waals surface area contributed by atoms with E-state index < -0.39 is 12.1 Å². The number of methoxy groups -OCH3 is 2. The number of aromatic nitrogens is 2. The average Bonchev–Trinajstić information content (AvgIpc) is 3.29. The van der Waals surface area contributed by atoms with Crippen LogP contribution < -0.4 is 14.8 Å². The molecule has 0 fully saturated rings. The summed E-state index contributed by atoms with van der Waals surface area (Å²) in [6, 6.07) is 19.3. The molecule has 1 aliphatic heterocycles. The number of H-pyrrole nitrogens is 1. The van der Waals surface area contributed by atoms with Gasteiger partial charge in [0.2, 0.25) is 5.95 Å². The number of nitrogens with zero attached hydrogens (tertiary/aromatic N) is 1. The van der Waals surface area contributed by atoms with Crippen LogP contribution in [0.15, 0.2) is 70.5 Å². The zero-order chi connectivity index (χ0) is 27.3. The molecular weight excluding hydrogens is 506 g/mol. The minimum atomic E-state index is -0.977. The van der Waals surface area contributed by atoms with Crippen molar-refractivity contribution in [3.8, 4) is 11.5 Å². The molecule has 0 unspecified atom stereocenters. The van der Waals surface area contributed by atoms with Crippen molar-refractivity contribution in [1.29, 1.82) is 0 Å². The van der Waals surface area contributed by atoms with Crippen molar-refractivity contribution in [1.82, 2.24) is 9.97 Å². The average molecular weight is 536 g/mol. The number of carbonyl (C=O) groups excluding carboxylic acids is 1. The van der Waals surface area contributed by atoms with Crippen molar-refractivity contribution in [2.45, 2.75) is 42.1 Å². The molecule has 0 atom stereocenters. The van der Waals surface area contributed by atoms with Crippen LogP contribution in [0.4, 0.5) is 10.7 Å². The van der Waals surface area contributed by atoms with E-state index in [1.54, 1.807) is 17.8 Å². The molecule has 1 aromatic heterocycles. The number of hydrogen-bond acceptors (Lipinski definition) is 7. The smallest absolute Gasteiger partial charge is 0.413 e. The zero-order valence-electron chi connectivity index (χ0n) is 21.5. The van der Waals surface area contributed by atoms with Gasteiger partial charge in [-0.05, 0) is 69.2 Å². The molecular formula is C28H29N3O6S. The van der Waals surface area contributed by atoms with Gasteiger partial charge >= 0.3 is 12.1 Å². The SMILES string of the molecule is COC(=O)Nc1nc2ccc(Sc3ccccc3)cc2[nH]1.COc1c(C(=O)O)ccc2c1CCC(C)(C)O2. The molecule has 0 saturated heterocycles. The lowest BCUT2D eigenvalue weighted by Crippen LogP contribution is -2.32. The lowest BCUT2D eigenvalue weighted by atomic mass is 9.92. The number of carboxylic acids is 1. The second kappa shape index (κ2) is 11.5. The maximum absolute atomic E-state index is 11.2. The van der Waals surface area contributed by atoms with Crippen molar-refractivity contribution >= 4 is 40.8 Å². The Morgan fingerprint density at radius 3 is 2.53 bits per heavy atom. The summed E-state index contributed by atoms with van der Waals surface area (Å²) in [6.07, 6.45) is 1.07. The highest BCUT2D eigenvalue weighted by atomic mass is 32.2. The minimum Gasteiger partial charge on any atom is -0.495 e. The zero-order valence-corrected chi connectivity index (χ0v) is 22.3. The Morgan fingerprint density at radius 1 is 1.08 bits per heavy atom. The third kappa shape index (κ3) is 6.38. The van der Waals surface area contributed by atoms with Gasteiger partial charge in [0, 0.05) is 15.4 Å². The molecule has 10 heteroatoms. The molecule has 3 aromatic carbocycles. The van der Waals surface area contributed by atoms with Gasteiger partial charge in [0.1, 0.15) is 22.7 Å². The predicted octanol–water partition coefficient (Wildman–Crippen LogP) is 6.39. The van der Waals surface area contributed by atoms with Crippen LogP contribution in [0.3, 0.4) is 0 Å². The van der Waals surface area contributed by atoms with Crippen LogP contribution in [0.1, 0.15) is 36.2 Å². The number of benzene rings is 3. The maximum Gasteiger partial charge on any atom is 0.413 e. The number of amides is 1. The first-order chi connectivity index (χ1) is 18.2. The highest BCUT2D eigenvalue weighted by molar-refractivity contribution is 7.99. The van der Waals surface area contributed by atoms with Gasteiger partial charge in [0.05, 0.1) is 25.3 Å². The Labute approximate surface area is 224 Å². The fourth-order valence-corrected chi connectivity index (χ4v) is 4.88. The molecule has 3 N–H and O–H groups in total. The molecule has 4 aromatic rings. The summed E-state index contributed by atoms with van der Waals surface area (Å²) < 4.78 is 15.6. The van der Waals surface area contributed by atoms with Gasteiger partial charge in [-0.2, -0.15) is 0 Å². The van der Waals surface area contributed by atoms with Crippen LogP contribution >= 0.6 is 11.8 Å². The summed E-state index contributed by atoms with van der Waals surface area (Å²) in [6.45, 7) is 4.04.